The fourth-order valence-corrected chi connectivity index (χ4v) is 2.57. The summed E-state index contributed by atoms with van der Waals surface area (Å²) in [5.74, 6) is 0.712. The molecule has 1 aliphatic heterocycles. The molecule has 2 nitrogen and oxygen atoms in total. The van der Waals surface area contributed by atoms with E-state index in [-0.39, 0.29) is 0 Å². The van der Waals surface area contributed by atoms with E-state index in [4.69, 9.17) is 5.73 Å². The van der Waals surface area contributed by atoms with Crippen molar-refractivity contribution < 1.29 is 0 Å². The maximum absolute atomic E-state index is 5.73. The zero-order valence-corrected chi connectivity index (χ0v) is 9.51. The minimum Gasteiger partial charge on any atom is -0.330 e. The van der Waals surface area contributed by atoms with Gasteiger partial charge in [0.1, 0.15) is 0 Å². The van der Waals surface area contributed by atoms with Crippen LogP contribution in [-0.2, 0) is 0 Å². The van der Waals surface area contributed by atoms with Crippen molar-refractivity contribution in [1.82, 2.24) is 4.90 Å². The normalized spacial score (nSPS) is 30.7. The van der Waals surface area contributed by atoms with Gasteiger partial charge in [-0.2, -0.15) is 0 Å². The monoisotopic (exact) mass is 184 g/mol. The highest BCUT2D eigenvalue weighted by Crippen LogP contribution is 2.34. The molecule has 0 spiro atoms. The van der Waals surface area contributed by atoms with Gasteiger partial charge in [-0.05, 0) is 46.1 Å². The Bertz CT molecular complexity index is 165. The Kier molecular flexibility index (Phi) is 3.36. The third-order valence-electron chi connectivity index (χ3n) is 3.48. The van der Waals surface area contributed by atoms with E-state index >= 15 is 0 Å². The first kappa shape index (κ1) is 11.0. The SMILES string of the molecule is CCC(C)N1CC(CN)CC1(C)C. The number of nitrogens with two attached hydrogens (primary N) is 1. The molecule has 0 aromatic rings. The van der Waals surface area contributed by atoms with Crippen molar-refractivity contribution in [1.29, 1.82) is 0 Å². The average Bonchev–Trinajstić information content (AvgIpc) is 2.39. The first-order valence-electron chi connectivity index (χ1n) is 5.48. The summed E-state index contributed by atoms with van der Waals surface area (Å²) in [5.41, 5.74) is 6.09. The lowest BCUT2D eigenvalue weighted by atomic mass is 9.96. The van der Waals surface area contributed by atoms with Crippen molar-refractivity contribution in [3.8, 4) is 0 Å². The van der Waals surface area contributed by atoms with Gasteiger partial charge in [-0.25, -0.2) is 0 Å². The van der Waals surface area contributed by atoms with Crippen LogP contribution in [0.1, 0.15) is 40.5 Å². The molecule has 0 saturated carbocycles. The van der Waals surface area contributed by atoms with Crippen LogP contribution in [0.5, 0.6) is 0 Å². The summed E-state index contributed by atoms with van der Waals surface area (Å²) in [6.45, 7) is 11.3. The molecule has 0 aromatic carbocycles. The highest BCUT2D eigenvalue weighted by molar-refractivity contribution is 4.94. The zero-order chi connectivity index (χ0) is 10.1. The molecule has 2 atom stereocenters. The molecular weight excluding hydrogens is 160 g/mol. The van der Waals surface area contributed by atoms with Gasteiger partial charge in [0, 0.05) is 18.1 Å². The second kappa shape index (κ2) is 3.97. The van der Waals surface area contributed by atoms with Gasteiger partial charge in [0.2, 0.25) is 0 Å². The summed E-state index contributed by atoms with van der Waals surface area (Å²) in [6, 6.07) is 0.701. The Labute approximate surface area is 82.5 Å². The van der Waals surface area contributed by atoms with Gasteiger partial charge in [0.05, 0.1) is 0 Å². The van der Waals surface area contributed by atoms with Crippen molar-refractivity contribution in [2.45, 2.75) is 52.1 Å². The van der Waals surface area contributed by atoms with Gasteiger partial charge in [-0.15, -0.1) is 0 Å². The van der Waals surface area contributed by atoms with Crippen LogP contribution in [0.15, 0.2) is 0 Å². The van der Waals surface area contributed by atoms with E-state index in [2.05, 4.69) is 32.6 Å². The molecule has 1 saturated heterocycles. The van der Waals surface area contributed by atoms with Gasteiger partial charge in [0.25, 0.3) is 0 Å². The number of likely N-dealkylation sites (tertiary alicyclic amines) is 1. The topological polar surface area (TPSA) is 29.3 Å². The molecule has 0 radical (unpaired) electrons. The molecule has 0 aliphatic carbocycles. The minimum atomic E-state index is 0.361. The van der Waals surface area contributed by atoms with E-state index < -0.39 is 0 Å². The molecule has 2 N–H and O–H groups in total. The molecular formula is C11H24N2. The predicted molar refractivity (Wildman–Crippen MR) is 57.7 cm³/mol. The molecule has 1 heterocycles. The van der Waals surface area contributed by atoms with Gasteiger partial charge in [-0.3, -0.25) is 4.90 Å². The lowest BCUT2D eigenvalue weighted by molar-refractivity contribution is 0.121. The van der Waals surface area contributed by atoms with Crippen LogP contribution in [0.2, 0.25) is 0 Å². The molecule has 1 rings (SSSR count). The van der Waals surface area contributed by atoms with E-state index in [0.717, 1.165) is 6.54 Å². The lowest BCUT2D eigenvalue weighted by Crippen LogP contribution is -2.43. The standard InChI is InChI=1S/C11H24N2/c1-5-9(2)13-8-10(7-12)6-11(13,3)4/h9-10H,5-8,12H2,1-4H3. The Morgan fingerprint density at radius 1 is 1.54 bits per heavy atom. The summed E-state index contributed by atoms with van der Waals surface area (Å²) >= 11 is 0. The molecule has 0 bridgehead atoms. The molecule has 0 amide bonds. The van der Waals surface area contributed by atoms with Crippen molar-refractivity contribution in [2.24, 2.45) is 11.7 Å². The molecule has 13 heavy (non-hydrogen) atoms. The summed E-state index contributed by atoms with van der Waals surface area (Å²) in [6.07, 6.45) is 2.49. The van der Waals surface area contributed by atoms with Gasteiger partial charge in [-0.1, -0.05) is 6.92 Å². The van der Waals surface area contributed by atoms with Crippen LogP contribution in [0, 0.1) is 5.92 Å². The van der Waals surface area contributed by atoms with E-state index in [0.29, 0.717) is 17.5 Å². The number of rotatable bonds is 3. The van der Waals surface area contributed by atoms with Crippen molar-refractivity contribution in [3.05, 3.63) is 0 Å². The van der Waals surface area contributed by atoms with Gasteiger partial charge in [0.15, 0.2) is 0 Å². The van der Waals surface area contributed by atoms with Crippen molar-refractivity contribution in [2.75, 3.05) is 13.1 Å². The van der Waals surface area contributed by atoms with E-state index in [1.165, 1.54) is 19.4 Å². The highest BCUT2D eigenvalue weighted by Gasteiger charge is 2.39. The lowest BCUT2D eigenvalue weighted by Gasteiger charge is -2.36. The van der Waals surface area contributed by atoms with Crippen LogP contribution in [0.3, 0.4) is 0 Å². The quantitative estimate of drug-likeness (QED) is 0.725. The van der Waals surface area contributed by atoms with Crippen LogP contribution in [-0.4, -0.2) is 29.6 Å². The van der Waals surface area contributed by atoms with Crippen molar-refractivity contribution in [3.63, 3.8) is 0 Å². The number of hydrogen-bond acceptors (Lipinski definition) is 2. The third-order valence-corrected chi connectivity index (χ3v) is 3.48. The Hall–Kier alpha value is -0.0800. The van der Waals surface area contributed by atoms with E-state index in [1.54, 1.807) is 0 Å². The van der Waals surface area contributed by atoms with Gasteiger partial charge >= 0.3 is 0 Å². The summed E-state index contributed by atoms with van der Waals surface area (Å²) in [7, 11) is 0. The van der Waals surface area contributed by atoms with E-state index in [1.807, 2.05) is 0 Å². The first-order chi connectivity index (χ1) is 6.01. The fraction of sp³-hybridized carbons (Fsp3) is 1.00. The number of hydrogen-bond donors (Lipinski definition) is 1. The summed E-state index contributed by atoms with van der Waals surface area (Å²) in [5, 5.41) is 0. The third kappa shape index (κ3) is 2.23. The maximum atomic E-state index is 5.73. The second-order valence-corrected chi connectivity index (χ2v) is 5.03. The zero-order valence-electron chi connectivity index (χ0n) is 9.51. The average molecular weight is 184 g/mol. The van der Waals surface area contributed by atoms with Crippen LogP contribution in [0.4, 0.5) is 0 Å². The highest BCUT2D eigenvalue weighted by atomic mass is 15.2. The first-order valence-corrected chi connectivity index (χ1v) is 5.48. The Morgan fingerprint density at radius 3 is 2.54 bits per heavy atom. The molecule has 2 unspecified atom stereocenters. The van der Waals surface area contributed by atoms with Crippen LogP contribution < -0.4 is 5.73 Å². The predicted octanol–water partition coefficient (Wildman–Crippen LogP) is 1.84. The van der Waals surface area contributed by atoms with Crippen molar-refractivity contribution >= 4 is 0 Å². The molecule has 2 heteroatoms. The Balaban J connectivity index is 2.64. The summed E-state index contributed by atoms with van der Waals surface area (Å²) in [4.78, 5) is 2.62. The molecule has 1 fully saturated rings. The van der Waals surface area contributed by atoms with Crippen LogP contribution >= 0.6 is 0 Å². The smallest absolute Gasteiger partial charge is 0.0159 e. The van der Waals surface area contributed by atoms with E-state index in [9.17, 15) is 0 Å². The summed E-state index contributed by atoms with van der Waals surface area (Å²) < 4.78 is 0. The largest absolute Gasteiger partial charge is 0.330 e. The maximum Gasteiger partial charge on any atom is 0.0159 e. The Morgan fingerprint density at radius 2 is 2.15 bits per heavy atom. The minimum absolute atomic E-state index is 0.361. The number of nitrogens with zero attached hydrogens (tertiary/aromatic N) is 1. The molecule has 78 valence electrons. The fourth-order valence-electron chi connectivity index (χ4n) is 2.57. The van der Waals surface area contributed by atoms with Crippen LogP contribution in [0.25, 0.3) is 0 Å². The molecule has 1 aliphatic rings. The second-order valence-electron chi connectivity index (χ2n) is 5.03. The van der Waals surface area contributed by atoms with Gasteiger partial charge < -0.3 is 5.73 Å². The molecule has 0 aromatic heterocycles.